The Morgan fingerprint density at radius 2 is 2.12 bits per heavy atom. The van der Waals surface area contributed by atoms with E-state index in [1.165, 1.54) is 12.7 Å². The third-order valence-corrected chi connectivity index (χ3v) is 7.32. The van der Waals surface area contributed by atoms with Crippen molar-refractivity contribution >= 4 is 11.7 Å². The van der Waals surface area contributed by atoms with Crippen LogP contribution in [0.4, 0.5) is 5.69 Å². The Morgan fingerprint density at radius 1 is 1.31 bits per heavy atom. The van der Waals surface area contributed by atoms with Gasteiger partial charge in [0.15, 0.2) is 0 Å². The summed E-state index contributed by atoms with van der Waals surface area (Å²) in [4.78, 5) is 15.5. The molecule has 2 fully saturated rings. The van der Waals surface area contributed by atoms with Crippen molar-refractivity contribution in [3.63, 3.8) is 0 Å². The first-order chi connectivity index (χ1) is 12.6. The topological polar surface area (TPSA) is 50.8 Å². The summed E-state index contributed by atoms with van der Waals surface area (Å²) in [5, 5.41) is 3.64. The predicted octanol–water partition coefficient (Wildman–Crippen LogP) is 2.54. The normalized spacial score (nSPS) is 35.6. The smallest absolute Gasteiger partial charge is 0.335 e. The lowest BCUT2D eigenvalue weighted by molar-refractivity contribution is -0.138. The number of nitrogens with one attached hydrogen (secondary N) is 1. The van der Waals surface area contributed by atoms with Gasteiger partial charge >= 0.3 is 5.97 Å². The summed E-state index contributed by atoms with van der Waals surface area (Å²) in [5.74, 6) is 0.292. The number of methoxy groups -OCH3 is 2. The van der Waals surface area contributed by atoms with Crippen LogP contribution in [0.3, 0.4) is 0 Å². The number of carbonyl (C=O) groups is 1. The summed E-state index contributed by atoms with van der Waals surface area (Å²) in [6.07, 6.45) is 2.12. The Labute approximate surface area is 154 Å². The Bertz CT molecular complexity index is 804. The Kier molecular flexibility index (Phi) is 3.50. The lowest BCUT2D eigenvalue weighted by atomic mass is 9.57. The summed E-state index contributed by atoms with van der Waals surface area (Å²) in [6.45, 7) is 4.26. The van der Waals surface area contributed by atoms with Gasteiger partial charge in [-0.2, -0.15) is 0 Å². The maximum Gasteiger partial charge on any atom is 0.335 e. The van der Waals surface area contributed by atoms with Crippen molar-refractivity contribution in [1.29, 1.82) is 0 Å². The van der Waals surface area contributed by atoms with Crippen molar-refractivity contribution in [2.75, 3.05) is 32.6 Å². The van der Waals surface area contributed by atoms with Crippen molar-refractivity contribution in [2.45, 2.75) is 37.3 Å². The Morgan fingerprint density at radius 3 is 2.88 bits per heavy atom. The van der Waals surface area contributed by atoms with Gasteiger partial charge in [0.1, 0.15) is 0 Å². The van der Waals surface area contributed by atoms with Crippen molar-refractivity contribution in [3.8, 4) is 0 Å². The number of hydrogen-bond acceptors (Lipinski definition) is 5. The molecule has 1 aromatic carbocycles. The minimum atomic E-state index is -0.184. The largest absolute Gasteiger partial charge is 0.466 e. The van der Waals surface area contributed by atoms with Gasteiger partial charge in [0.25, 0.3) is 0 Å². The van der Waals surface area contributed by atoms with Gasteiger partial charge in [-0.05, 0) is 44.5 Å². The Hall–Kier alpha value is -1.85. The van der Waals surface area contributed by atoms with Crippen LogP contribution >= 0.6 is 0 Å². The van der Waals surface area contributed by atoms with E-state index in [1.54, 1.807) is 7.11 Å². The molecular weight excluding hydrogens is 328 g/mol. The molecule has 1 aliphatic carbocycles. The number of esters is 1. The van der Waals surface area contributed by atoms with Crippen LogP contribution in [0.25, 0.3) is 0 Å². The van der Waals surface area contributed by atoms with Gasteiger partial charge in [-0.15, -0.1) is 0 Å². The quantitative estimate of drug-likeness (QED) is 0.846. The molecule has 4 aliphatic rings. The van der Waals surface area contributed by atoms with Gasteiger partial charge in [-0.25, -0.2) is 4.79 Å². The highest BCUT2D eigenvalue weighted by molar-refractivity contribution is 5.93. The highest BCUT2D eigenvalue weighted by atomic mass is 16.5. The predicted molar refractivity (Wildman–Crippen MR) is 98.8 cm³/mol. The van der Waals surface area contributed by atoms with Crippen LogP contribution in [-0.4, -0.2) is 50.3 Å². The minimum Gasteiger partial charge on any atom is -0.466 e. The van der Waals surface area contributed by atoms with Crippen molar-refractivity contribution < 1.29 is 14.3 Å². The van der Waals surface area contributed by atoms with Crippen LogP contribution in [0, 0.1) is 11.8 Å². The number of rotatable bonds is 3. The van der Waals surface area contributed by atoms with E-state index in [2.05, 4.69) is 41.4 Å². The molecule has 5 rings (SSSR count). The van der Waals surface area contributed by atoms with Crippen LogP contribution in [0.5, 0.6) is 0 Å². The fourth-order valence-electron chi connectivity index (χ4n) is 6.32. The zero-order valence-electron chi connectivity index (χ0n) is 15.6. The summed E-state index contributed by atoms with van der Waals surface area (Å²) in [6, 6.07) is 8.91. The monoisotopic (exact) mass is 354 g/mol. The zero-order valence-corrected chi connectivity index (χ0v) is 15.6. The van der Waals surface area contributed by atoms with E-state index in [9.17, 15) is 4.79 Å². The van der Waals surface area contributed by atoms with Crippen LogP contribution in [0.1, 0.15) is 25.3 Å². The van der Waals surface area contributed by atoms with Crippen LogP contribution in [-0.2, 0) is 19.7 Å². The first kappa shape index (κ1) is 16.3. The maximum atomic E-state index is 12.9. The van der Waals surface area contributed by atoms with Gasteiger partial charge in [-0.1, -0.05) is 18.2 Å². The van der Waals surface area contributed by atoms with Crippen LogP contribution in [0.2, 0.25) is 0 Å². The van der Waals surface area contributed by atoms with E-state index in [1.807, 2.05) is 0 Å². The lowest BCUT2D eigenvalue weighted by Crippen LogP contribution is -2.61. The molecule has 3 heterocycles. The molecule has 1 spiro atoms. The van der Waals surface area contributed by atoms with Crippen molar-refractivity contribution in [3.05, 3.63) is 41.1 Å². The molecule has 26 heavy (non-hydrogen) atoms. The molecule has 0 aromatic heterocycles. The average molecular weight is 354 g/mol. The second kappa shape index (κ2) is 5.57. The summed E-state index contributed by atoms with van der Waals surface area (Å²) < 4.78 is 11.1. The highest BCUT2D eigenvalue weighted by Crippen LogP contribution is 2.62. The molecule has 5 nitrogen and oxygen atoms in total. The van der Waals surface area contributed by atoms with Gasteiger partial charge in [0.2, 0.25) is 0 Å². The molecule has 1 aromatic rings. The number of hydrogen-bond donors (Lipinski definition) is 1. The van der Waals surface area contributed by atoms with E-state index in [-0.39, 0.29) is 23.4 Å². The fourth-order valence-corrected chi connectivity index (χ4v) is 6.32. The molecule has 2 bridgehead atoms. The number of fused-ring (bicyclic) bond motifs is 2. The highest BCUT2D eigenvalue weighted by Gasteiger charge is 2.65. The van der Waals surface area contributed by atoms with Gasteiger partial charge < -0.3 is 14.8 Å². The Balaban J connectivity index is 1.81. The number of anilines is 1. The second-order valence-electron chi connectivity index (χ2n) is 8.07. The van der Waals surface area contributed by atoms with E-state index in [0.29, 0.717) is 12.0 Å². The summed E-state index contributed by atoms with van der Waals surface area (Å²) in [7, 11) is 3.28. The molecule has 5 atom stereocenters. The van der Waals surface area contributed by atoms with E-state index < -0.39 is 0 Å². The molecule has 5 heteroatoms. The second-order valence-corrected chi connectivity index (χ2v) is 8.07. The number of benzene rings is 1. The van der Waals surface area contributed by atoms with Crippen LogP contribution < -0.4 is 5.32 Å². The summed E-state index contributed by atoms with van der Waals surface area (Å²) in [5.41, 5.74) is 4.28. The van der Waals surface area contributed by atoms with Crippen LogP contribution in [0.15, 0.2) is 35.5 Å². The van der Waals surface area contributed by atoms with Gasteiger partial charge in [0, 0.05) is 36.4 Å². The molecular formula is C21H26N2O3. The van der Waals surface area contributed by atoms with Gasteiger partial charge in [0.05, 0.1) is 24.2 Å². The summed E-state index contributed by atoms with van der Waals surface area (Å²) >= 11 is 0. The van der Waals surface area contributed by atoms with E-state index in [0.717, 1.165) is 42.9 Å². The first-order valence-electron chi connectivity index (χ1n) is 9.59. The number of para-hydroxylation sites is 1. The minimum absolute atomic E-state index is 0.0942. The number of nitrogens with zero attached hydrogens (tertiary/aromatic N) is 1. The lowest BCUT2D eigenvalue weighted by Gasteiger charge is -2.54. The SMILES string of the molecule is COC(=O)C1=C2Nc3ccccc3[C@]23CCN2CC[C@H]1[C@@H]([C@@H](C)OC)[C@@H]23. The van der Waals surface area contributed by atoms with E-state index >= 15 is 0 Å². The third-order valence-electron chi connectivity index (χ3n) is 7.32. The maximum absolute atomic E-state index is 12.9. The van der Waals surface area contributed by atoms with Crippen molar-refractivity contribution in [1.82, 2.24) is 4.90 Å². The molecule has 0 radical (unpaired) electrons. The molecule has 2 saturated heterocycles. The molecule has 1 N–H and O–H groups in total. The fraction of sp³-hybridized carbons (Fsp3) is 0.571. The van der Waals surface area contributed by atoms with E-state index in [4.69, 9.17) is 9.47 Å². The molecule has 138 valence electrons. The van der Waals surface area contributed by atoms with Crippen molar-refractivity contribution in [2.24, 2.45) is 11.8 Å². The molecule has 0 unspecified atom stereocenters. The third kappa shape index (κ3) is 1.80. The van der Waals surface area contributed by atoms with Gasteiger partial charge in [-0.3, -0.25) is 4.90 Å². The zero-order chi connectivity index (χ0) is 18.1. The number of piperidine rings is 1. The molecule has 3 aliphatic heterocycles. The number of ether oxygens (including phenoxy) is 2. The average Bonchev–Trinajstić information content (AvgIpc) is 3.23. The number of carbonyl (C=O) groups excluding carboxylic acids is 1. The molecule has 0 amide bonds. The first-order valence-corrected chi connectivity index (χ1v) is 9.59. The standard InChI is InChI=1S/C21H26N2O3/c1-12(25-2)16-13-8-10-23-11-9-21(19(16)23)14-6-4-5-7-15(14)22-18(21)17(13)20(24)26-3/h4-7,12-13,16,19,22H,8-11H2,1-3H3/t12-,13+,16-,19-,21-/m1/s1. The molecule has 0 saturated carbocycles.